The van der Waals surface area contributed by atoms with Gasteiger partial charge < -0.3 is 9.55 Å². The lowest BCUT2D eigenvalue weighted by Crippen LogP contribution is -1.99. The van der Waals surface area contributed by atoms with Gasteiger partial charge in [-0.3, -0.25) is 0 Å². The highest BCUT2D eigenvalue weighted by atomic mass is 32.1. The van der Waals surface area contributed by atoms with E-state index in [0.29, 0.717) is 0 Å². The van der Waals surface area contributed by atoms with Gasteiger partial charge in [-0.15, -0.1) is 0 Å². The van der Waals surface area contributed by atoms with Crippen LogP contribution in [0.3, 0.4) is 0 Å². The molecule has 3 heteroatoms. The molecule has 2 nitrogen and oxygen atoms in total. The van der Waals surface area contributed by atoms with E-state index < -0.39 is 0 Å². The van der Waals surface area contributed by atoms with Crippen LogP contribution in [0.2, 0.25) is 0 Å². The molecule has 0 bridgehead atoms. The molecule has 0 radical (unpaired) electrons. The molecule has 0 spiro atoms. The number of aryl methyl sites for hydroxylation is 2. The summed E-state index contributed by atoms with van der Waals surface area (Å²) in [7, 11) is 0. The minimum absolute atomic E-state index is 0.833. The number of aromatic nitrogens is 2. The van der Waals surface area contributed by atoms with E-state index in [1.807, 2.05) is 0 Å². The Morgan fingerprint density at radius 3 is 2.65 bits per heavy atom. The molecule has 2 rings (SSSR count). The van der Waals surface area contributed by atoms with Crippen molar-refractivity contribution in [3.8, 4) is 0 Å². The average molecular weight is 290 g/mol. The van der Waals surface area contributed by atoms with Gasteiger partial charge in [0.15, 0.2) is 4.77 Å². The molecule has 0 saturated heterocycles. The summed E-state index contributed by atoms with van der Waals surface area (Å²) < 4.78 is 3.12. The molecule has 0 aliphatic carbocycles. The highest BCUT2D eigenvalue weighted by Crippen LogP contribution is 2.19. The van der Waals surface area contributed by atoms with Crippen LogP contribution in [0, 0.1) is 17.6 Å². The lowest BCUT2D eigenvalue weighted by atomic mass is 10.0. The van der Waals surface area contributed by atoms with Crippen LogP contribution in [-0.2, 0) is 6.54 Å². The van der Waals surface area contributed by atoms with E-state index in [9.17, 15) is 0 Å². The Morgan fingerprint density at radius 1 is 1.15 bits per heavy atom. The number of hydrogen-bond donors (Lipinski definition) is 1. The lowest BCUT2D eigenvalue weighted by molar-refractivity contribution is 0.507. The van der Waals surface area contributed by atoms with E-state index >= 15 is 0 Å². The Kier molecular flexibility index (Phi) is 5.41. The summed E-state index contributed by atoms with van der Waals surface area (Å²) in [6, 6.07) is 6.35. The lowest BCUT2D eigenvalue weighted by Gasteiger charge is -2.07. The van der Waals surface area contributed by atoms with Gasteiger partial charge in [0, 0.05) is 6.54 Å². The molecule has 0 fully saturated rings. The van der Waals surface area contributed by atoms with Crippen LogP contribution in [0.5, 0.6) is 0 Å². The third-order valence-corrected chi connectivity index (χ3v) is 4.23. The van der Waals surface area contributed by atoms with Crippen LogP contribution in [0.15, 0.2) is 18.2 Å². The van der Waals surface area contributed by atoms with Crippen molar-refractivity contribution in [3.05, 3.63) is 28.5 Å². The first-order chi connectivity index (χ1) is 9.59. The normalized spacial score (nSPS) is 11.6. The third kappa shape index (κ3) is 3.72. The molecule has 1 aromatic heterocycles. The Balaban J connectivity index is 1.93. The van der Waals surface area contributed by atoms with Crippen LogP contribution in [-0.4, -0.2) is 9.55 Å². The first kappa shape index (κ1) is 15.3. The van der Waals surface area contributed by atoms with E-state index in [4.69, 9.17) is 12.2 Å². The zero-order valence-electron chi connectivity index (χ0n) is 12.9. The van der Waals surface area contributed by atoms with Crippen LogP contribution in [0.25, 0.3) is 11.0 Å². The molecule has 0 aliphatic heterocycles. The van der Waals surface area contributed by atoms with Crippen molar-refractivity contribution in [2.75, 3.05) is 0 Å². The van der Waals surface area contributed by atoms with Gasteiger partial charge in [-0.25, -0.2) is 0 Å². The van der Waals surface area contributed by atoms with Crippen molar-refractivity contribution >= 4 is 23.3 Å². The molecule has 1 heterocycles. The molecule has 1 N–H and O–H groups in total. The number of H-pyrrole nitrogens is 1. The fourth-order valence-electron chi connectivity index (χ4n) is 2.79. The van der Waals surface area contributed by atoms with Crippen molar-refractivity contribution in [1.82, 2.24) is 9.55 Å². The van der Waals surface area contributed by atoms with Gasteiger partial charge >= 0.3 is 0 Å². The van der Waals surface area contributed by atoms with Gasteiger partial charge in [-0.1, -0.05) is 51.7 Å². The van der Waals surface area contributed by atoms with Gasteiger partial charge in [0.1, 0.15) is 0 Å². The second kappa shape index (κ2) is 7.07. The second-order valence-corrected chi connectivity index (χ2v) is 6.54. The monoisotopic (exact) mass is 290 g/mol. The average Bonchev–Trinajstić information content (AvgIpc) is 2.71. The molecule has 20 heavy (non-hydrogen) atoms. The molecule has 2 aromatic rings. The number of nitrogens with one attached hydrogen (secondary N) is 1. The zero-order valence-corrected chi connectivity index (χ0v) is 13.7. The summed E-state index contributed by atoms with van der Waals surface area (Å²) in [5.74, 6) is 0.833. The molecule has 1 aromatic carbocycles. The SMILES string of the molecule is Cc1cccc2[nH]c(=S)n(CCCCCCC(C)C)c12. The van der Waals surface area contributed by atoms with Crippen molar-refractivity contribution in [3.63, 3.8) is 0 Å². The van der Waals surface area contributed by atoms with Crippen LogP contribution in [0.4, 0.5) is 0 Å². The van der Waals surface area contributed by atoms with Crippen molar-refractivity contribution < 1.29 is 0 Å². The predicted octanol–water partition coefficient (Wildman–Crippen LogP) is 5.61. The summed E-state index contributed by atoms with van der Waals surface area (Å²) in [5, 5.41) is 0. The van der Waals surface area contributed by atoms with Crippen LogP contribution in [0.1, 0.15) is 51.5 Å². The molecule has 0 amide bonds. The summed E-state index contributed by atoms with van der Waals surface area (Å²) in [4.78, 5) is 3.31. The topological polar surface area (TPSA) is 20.7 Å². The molecule has 110 valence electrons. The van der Waals surface area contributed by atoms with E-state index in [1.165, 1.54) is 43.2 Å². The standard InChI is InChI=1S/C17H26N2S/c1-13(2)9-6-4-5-7-12-19-16-14(3)10-8-11-15(16)18-17(19)20/h8,10-11,13H,4-7,9,12H2,1-3H3,(H,18,20). The maximum absolute atomic E-state index is 5.46. The first-order valence-corrected chi connectivity index (χ1v) is 8.18. The maximum Gasteiger partial charge on any atom is 0.178 e. The van der Waals surface area contributed by atoms with Gasteiger partial charge in [-0.05, 0) is 43.1 Å². The largest absolute Gasteiger partial charge is 0.331 e. The summed E-state index contributed by atoms with van der Waals surface area (Å²) >= 11 is 5.46. The zero-order chi connectivity index (χ0) is 14.5. The van der Waals surface area contributed by atoms with E-state index in [0.717, 1.165) is 22.8 Å². The second-order valence-electron chi connectivity index (χ2n) is 6.15. The highest BCUT2D eigenvalue weighted by Gasteiger charge is 2.06. The molecule has 0 unspecified atom stereocenters. The minimum Gasteiger partial charge on any atom is -0.331 e. The van der Waals surface area contributed by atoms with Gasteiger partial charge in [0.05, 0.1) is 11.0 Å². The Hall–Kier alpha value is -1.09. The number of hydrogen-bond acceptors (Lipinski definition) is 1. The van der Waals surface area contributed by atoms with Gasteiger partial charge in [0.25, 0.3) is 0 Å². The highest BCUT2D eigenvalue weighted by molar-refractivity contribution is 7.71. The first-order valence-electron chi connectivity index (χ1n) is 7.77. The fraction of sp³-hybridized carbons (Fsp3) is 0.588. The Morgan fingerprint density at radius 2 is 1.90 bits per heavy atom. The molecule has 0 aliphatic rings. The maximum atomic E-state index is 5.46. The molecular weight excluding hydrogens is 264 g/mol. The van der Waals surface area contributed by atoms with Gasteiger partial charge in [-0.2, -0.15) is 0 Å². The number of para-hydroxylation sites is 1. The van der Waals surface area contributed by atoms with E-state index in [-0.39, 0.29) is 0 Å². The fourth-order valence-corrected chi connectivity index (χ4v) is 3.08. The molecule has 0 atom stereocenters. The number of nitrogens with zero attached hydrogens (tertiary/aromatic N) is 1. The van der Waals surface area contributed by atoms with E-state index in [2.05, 4.69) is 48.5 Å². The summed E-state index contributed by atoms with van der Waals surface area (Å²) in [6.45, 7) is 7.79. The van der Waals surface area contributed by atoms with Crippen LogP contribution < -0.4 is 0 Å². The molecular formula is C17H26N2S. The predicted molar refractivity (Wildman–Crippen MR) is 89.8 cm³/mol. The van der Waals surface area contributed by atoms with E-state index in [1.54, 1.807) is 0 Å². The minimum atomic E-state index is 0.833. The Labute approximate surface area is 127 Å². The van der Waals surface area contributed by atoms with Gasteiger partial charge in [0.2, 0.25) is 0 Å². The molecule has 0 saturated carbocycles. The summed E-state index contributed by atoms with van der Waals surface area (Å²) in [5.41, 5.74) is 3.74. The number of imidazole rings is 1. The van der Waals surface area contributed by atoms with Crippen molar-refractivity contribution in [2.24, 2.45) is 5.92 Å². The number of aromatic amines is 1. The quantitative estimate of drug-likeness (QED) is 0.519. The Bertz CT molecular complexity index is 607. The number of unbranched alkanes of at least 4 members (excludes halogenated alkanes) is 3. The van der Waals surface area contributed by atoms with Crippen LogP contribution >= 0.6 is 12.2 Å². The number of benzene rings is 1. The number of rotatable bonds is 7. The smallest absolute Gasteiger partial charge is 0.178 e. The summed E-state index contributed by atoms with van der Waals surface area (Å²) in [6.07, 6.45) is 6.56. The van der Waals surface area contributed by atoms with Crippen molar-refractivity contribution in [1.29, 1.82) is 0 Å². The van der Waals surface area contributed by atoms with Crippen molar-refractivity contribution in [2.45, 2.75) is 59.4 Å². The number of fused-ring (bicyclic) bond motifs is 1. The third-order valence-electron chi connectivity index (χ3n) is 3.91.